The summed E-state index contributed by atoms with van der Waals surface area (Å²) in [6.45, 7) is 5.46. The quantitative estimate of drug-likeness (QED) is 0.808. The Morgan fingerprint density at radius 3 is 2.95 bits per heavy atom. The molecule has 122 valence electrons. The molecule has 0 saturated carbocycles. The Bertz CT molecular complexity index is 504. The van der Waals surface area contributed by atoms with Gasteiger partial charge in [-0.25, -0.2) is 0 Å². The molecule has 6 heteroatoms. The highest BCUT2D eigenvalue weighted by molar-refractivity contribution is 6.32. The van der Waals surface area contributed by atoms with E-state index in [9.17, 15) is 4.79 Å². The van der Waals surface area contributed by atoms with Crippen molar-refractivity contribution in [3.8, 4) is 5.75 Å². The lowest BCUT2D eigenvalue weighted by Crippen LogP contribution is -2.42. The first-order valence-corrected chi connectivity index (χ1v) is 8.10. The van der Waals surface area contributed by atoms with Crippen molar-refractivity contribution >= 4 is 23.2 Å². The number of methoxy groups -OCH3 is 1. The van der Waals surface area contributed by atoms with Crippen LogP contribution < -0.4 is 15.4 Å². The van der Waals surface area contributed by atoms with Gasteiger partial charge in [0, 0.05) is 18.3 Å². The summed E-state index contributed by atoms with van der Waals surface area (Å²) in [7, 11) is 1.57. The molecule has 1 saturated heterocycles. The van der Waals surface area contributed by atoms with Crippen molar-refractivity contribution in [3.05, 3.63) is 23.2 Å². The van der Waals surface area contributed by atoms with Crippen LogP contribution in [0.5, 0.6) is 5.75 Å². The molecule has 1 fully saturated rings. The second-order valence-corrected chi connectivity index (χ2v) is 5.92. The number of hydrogen-bond acceptors (Lipinski definition) is 4. The highest BCUT2D eigenvalue weighted by Crippen LogP contribution is 2.27. The average Bonchev–Trinajstić information content (AvgIpc) is 3.01. The largest absolute Gasteiger partial charge is 0.495 e. The van der Waals surface area contributed by atoms with Crippen molar-refractivity contribution in [2.24, 2.45) is 0 Å². The number of halogens is 1. The number of hydrogen-bond donors (Lipinski definition) is 2. The van der Waals surface area contributed by atoms with E-state index < -0.39 is 0 Å². The fraction of sp³-hybridized carbons (Fsp3) is 0.562. The van der Waals surface area contributed by atoms with E-state index in [2.05, 4.69) is 22.5 Å². The van der Waals surface area contributed by atoms with Crippen LogP contribution in [-0.4, -0.2) is 50.1 Å². The van der Waals surface area contributed by atoms with Crippen LogP contribution in [0.25, 0.3) is 0 Å². The van der Waals surface area contributed by atoms with Crippen LogP contribution in [0.3, 0.4) is 0 Å². The third-order valence-corrected chi connectivity index (χ3v) is 4.14. The highest BCUT2D eigenvalue weighted by Gasteiger charge is 2.23. The fourth-order valence-corrected chi connectivity index (χ4v) is 3.02. The van der Waals surface area contributed by atoms with Crippen LogP contribution in [0.2, 0.25) is 5.02 Å². The van der Waals surface area contributed by atoms with E-state index in [0.29, 0.717) is 29.0 Å². The molecule has 1 amide bonds. The number of rotatable bonds is 7. The third kappa shape index (κ3) is 4.60. The van der Waals surface area contributed by atoms with Gasteiger partial charge in [0.25, 0.3) is 0 Å². The standard InChI is InChI=1S/C16H24ClN3O2/c1-3-8-20(13-6-7-18-10-13)11-16(21)19-12-4-5-15(22-2)14(17)9-12/h4-5,9,13,18H,3,6-8,10-11H2,1-2H3,(H,19,21). The van der Waals surface area contributed by atoms with Crippen molar-refractivity contribution in [3.63, 3.8) is 0 Å². The minimum absolute atomic E-state index is 0.0124. The summed E-state index contributed by atoms with van der Waals surface area (Å²) in [6, 6.07) is 5.71. The molecule has 1 aromatic rings. The van der Waals surface area contributed by atoms with Gasteiger partial charge in [-0.15, -0.1) is 0 Å². The highest BCUT2D eigenvalue weighted by atomic mass is 35.5. The molecule has 2 N–H and O–H groups in total. The Hall–Kier alpha value is -1.30. The Labute approximate surface area is 137 Å². The third-order valence-electron chi connectivity index (χ3n) is 3.84. The van der Waals surface area contributed by atoms with Gasteiger partial charge in [-0.05, 0) is 44.1 Å². The number of anilines is 1. The van der Waals surface area contributed by atoms with Gasteiger partial charge in [0.1, 0.15) is 5.75 Å². The first kappa shape index (κ1) is 17.1. The maximum atomic E-state index is 12.3. The van der Waals surface area contributed by atoms with E-state index >= 15 is 0 Å². The SMILES string of the molecule is CCCN(CC(=O)Nc1ccc(OC)c(Cl)c1)C1CCNC1. The van der Waals surface area contributed by atoms with Gasteiger partial charge in [-0.1, -0.05) is 18.5 Å². The Morgan fingerprint density at radius 1 is 1.55 bits per heavy atom. The molecule has 0 radical (unpaired) electrons. The van der Waals surface area contributed by atoms with E-state index in [1.165, 1.54) is 0 Å². The summed E-state index contributed by atoms with van der Waals surface area (Å²) >= 11 is 6.08. The monoisotopic (exact) mass is 325 g/mol. The van der Waals surface area contributed by atoms with E-state index in [1.54, 1.807) is 25.3 Å². The van der Waals surface area contributed by atoms with Crippen molar-refractivity contribution in [1.29, 1.82) is 0 Å². The number of nitrogens with one attached hydrogen (secondary N) is 2. The lowest BCUT2D eigenvalue weighted by Gasteiger charge is -2.27. The first-order valence-electron chi connectivity index (χ1n) is 7.72. The Kier molecular flexibility index (Phi) is 6.49. The molecule has 1 aliphatic rings. The van der Waals surface area contributed by atoms with Gasteiger partial charge in [-0.2, -0.15) is 0 Å². The van der Waals surface area contributed by atoms with Gasteiger partial charge in [0.2, 0.25) is 5.91 Å². The predicted molar refractivity (Wildman–Crippen MR) is 89.8 cm³/mol. The minimum Gasteiger partial charge on any atom is -0.495 e. The lowest BCUT2D eigenvalue weighted by molar-refractivity contribution is -0.117. The topological polar surface area (TPSA) is 53.6 Å². The van der Waals surface area contributed by atoms with E-state index in [-0.39, 0.29) is 5.91 Å². The number of amides is 1. The molecule has 1 heterocycles. The van der Waals surface area contributed by atoms with E-state index in [0.717, 1.165) is 32.5 Å². The molecule has 0 bridgehead atoms. The maximum absolute atomic E-state index is 12.3. The van der Waals surface area contributed by atoms with Crippen molar-refractivity contribution in [2.45, 2.75) is 25.8 Å². The molecule has 0 aromatic heterocycles. The maximum Gasteiger partial charge on any atom is 0.238 e. The molecule has 1 aromatic carbocycles. The Morgan fingerprint density at radius 2 is 2.36 bits per heavy atom. The van der Waals surface area contributed by atoms with Gasteiger partial charge >= 0.3 is 0 Å². The van der Waals surface area contributed by atoms with E-state index in [4.69, 9.17) is 16.3 Å². The van der Waals surface area contributed by atoms with Crippen LogP contribution in [0.4, 0.5) is 5.69 Å². The molecule has 0 spiro atoms. The number of nitrogens with zero attached hydrogens (tertiary/aromatic N) is 1. The number of benzene rings is 1. The van der Waals surface area contributed by atoms with Crippen molar-refractivity contribution in [2.75, 3.05) is 38.6 Å². The van der Waals surface area contributed by atoms with Gasteiger partial charge in [0.05, 0.1) is 18.7 Å². The normalized spacial score (nSPS) is 17.7. The summed E-state index contributed by atoms with van der Waals surface area (Å²) in [6.07, 6.45) is 2.14. The van der Waals surface area contributed by atoms with E-state index in [1.807, 2.05) is 0 Å². The predicted octanol–water partition coefficient (Wildman–Crippen LogP) is 2.36. The van der Waals surface area contributed by atoms with Crippen molar-refractivity contribution in [1.82, 2.24) is 10.2 Å². The molecule has 22 heavy (non-hydrogen) atoms. The summed E-state index contributed by atoms with van der Waals surface area (Å²) in [4.78, 5) is 14.5. The summed E-state index contributed by atoms with van der Waals surface area (Å²) in [5.41, 5.74) is 0.691. The first-order chi connectivity index (χ1) is 10.6. The second-order valence-electron chi connectivity index (χ2n) is 5.51. The number of carbonyl (C=O) groups is 1. The smallest absolute Gasteiger partial charge is 0.238 e. The zero-order valence-electron chi connectivity index (χ0n) is 13.2. The number of ether oxygens (including phenoxy) is 1. The summed E-state index contributed by atoms with van der Waals surface area (Å²) < 4.78 is 5.11. The van der Waals surface area contributed by atoms with Crippen LogP contribution in [-0.2, 0) is 4.79 Å². The molecule has 1 unspecified atom stereocenters. The summed E-state index contributed by atoms with van der Waals surface area (Å²) in [5.74, 6) is 0.589. The van der Waals surface area contributed by atoms with Crippen molar-refractivity contribution < 1.29 is 9.53 Å². The minimum atomic E-state index is -0.0124. The zero-order valence-corrected chi connectivity index (χ0v) is 13.9. The second kappa shape index (κ2) is 8.36. The van der Waals surface area contributed by atoms with Crippen LogP contribution in [0, 0.1) is 0 Å². The number of carbonyl (C=O) groups excluding carboxylic acids is 1. The van der Waals surface area contributed by atoms with Gasteiger partial charge < -0.3 is 15.4 Å². The average molecular weight is 326 g/mol. The van der Waals surface area contributed by atoms with Crippen LogP contribution in [0.15, 0.2) is 18.2 Å². The molecule has 1 aliphatic heterocycles. The molecule has 2 rings (SSSR count). The molecule has 1 atom stereocenters. The van der Waals surface area contributed by atoms with Crippen LogP contribution >= 0.6 is 11.6 Å². The van der Waals surface area contributed by atoms with Gasteiger partial charge in [0.15, 0.2) is 0 Å². The molecule has 5 nitrogen and oxygen atoms in total. The summed E-state index contributed by atoms with van der Waals surface area (Å²) in [5, 5.41) is 6.75. The molecular formula is C16H24ClN3O2. The zero-order chi connectivity index (χ0) is 15.9. The molecular weight excluding hydrogens is 302 g/mol. The Balaban J connectivity index is 1.94. The van der Waals surface area contributed by atoms with Crippen LogP contribution in [0.1, 0.15) is 19.8 Å². The fourth-order valence-electron chi connectivity index (χ4n) is 2.76. The lowest BCUT2D eigenvalue weighted by atomic mass is 10.2. The van der Waals surface area contributed by atoms with Gasteiger partial charge in [-0.3, -0.25) is 9.69 Å². The molecule has 0 aliphatic carbocycles.